The van der Waals surface area contributed by atoms with Crippen LogP contribution in [-0.2, 0) is 11.2 Å². The smallest absolute Gasteiger partial charge is 0.164 e. The predicted octanol–water partition coefficient (Wildman–Crippen LogP) is 3.41. The number of allylic oxidation sites excluding steroid dienone is 1. The molecular weight excluding hydrogens is 383 g/mol. The fraction of sp³-hybridized carbons (Fsp3) is 0.261. The predicted molar refractivity (Wildman–Crippen MR) is 108 cm³/mol. The summed E-state index contributed by atoms with van der Waals surface area (Å²) < 4.78 is 15.0. The van der Waals surface area contributed by atoms with Gasteiger partial charge in [0.05, 0.1) is 11.6 Å². The van der Waals surface area contributed by atoms with Gasteiger partial charge in [0.1, 0.15) is 30.3 Å². The second kappa shape index (κ2) is 7.50. The summed E-state index contributed by atoms with van der Waals surface area (Å²) in [6, 6.07) is 13.1. The molecule has 30 heavy (non-hydrogen) atoms. The van der Waals surface area contributed by atoms with Crippen LogP contribution in [0.4, 0.5) is 4.39 Å². The van der Waals surface area contributed by atoms with Gasteiger partial charge in [-0.1, -0.05) is 36.4 Å². The maximum absolute atomic E-state index is 13.5. The number of aromatic nitrogens is 3. The van der Waals surface area contributed by atoms with E-state index in [0.29, 0.717) is 5.57 Å². The van der Waals surface area contributed by atoms with E-state index in [4.69, 9.17) is 0 Å². The van der Waals surface area contributed by atoms with Gasteiger partial charge in [0, 0.05) is 18.9 Å². The van der Waals surface area contributed by atoms with E-state index >= 15 is 0 Å². The van der Waals surface area contributed by atoms with Crippen molar-refractivity contribution in [1.29, 1.82) is 0 Å². The standard InChI is InChI=1S/C23H21FN4O2/c24-16-7-5-15(6-8-16)18-11-19(29)20(23(30)22(18)28-13-25-12-27-28)21-17-4-2-1-3-14(17)9-10-26-21/h1-8,12-13,18,21-22,26,30H,9-11H2/t18-,21+,22-/m0/s1. The Kier molecular flexibility index (Phi) is 4.67. The highest BCUT2D eigenvalue weighted by Crippen LogP contribution is 2.45. The zero-order chi connectivity index (χ0) is 20.7. The molecule has 2 aromatic carbocycles. The van der Waals surface area contributed by atoms with Crippen LogP contribution in [0.3, 0.4) is 0 Å². The highest BCUT2D eigenvalue weighted by Gasteiger charge is 2.42. The summed E-state index contributed by atoms with van der Waals surface area (Å²) in [6.07, 6.45) is 4.00. The summed E-state index contributed by atoms with van der Waals surface area (Å²) in [5.74, 6) is -0.850. The number of halogens is 1. The van der Waals surface area contributed by atoms with E-state index in [1.165, 1.54) is 30.4 Å². The maximum atomic E-state index is 13.5. The van der Waals surface area contributed by atoms with Crippen molar-refractivity contribution in [2.24, 2.45) is 0 Å². The minimum absolute atomic E-state index is 0.0136. The van der Waals surface area contributed by atoms with Crippen LogP contribution in [0.5, 0.6) is 0 Å². The molecule has 0 spiro atoms. The number of carbonyl (C=O) groups is 1. The zero-order valence-corrected chi connectivity index (χ0v) is 16.2. The number of aliphatic hydroxyl groups is 1. The Hall–Kier alpha value is -3.32. The van der Waals surface area contributed by atoms with Crippen molar-refractivity contribution < 1.29 is 14.3 Å². The number of carbonyl (C=O) groups excluding carboxylic acids is 1. The Balaban J connectivity index is 1.64. The molecular formula is C23H21FN4O2. The molecule has 3 atom stereocenters. The summed E-state index contributed by atoms with van der Waals surface area (Å²) in [7, 11) is 0. The fourth-order valence-corrected chi connectivity index (χ4v) is 4.67. The van der Waals surface area contributed by atoms with E-state index in [9.17, 15) is 14.3 Å². The highest BCUT2D eigenvalue weighted by atomic mass is 19.1. The second-order valence-electron chi connectivity index (χ2n) is 7.74. The molecule has 0 unspecified atom stereocenters. The Bertz CT molecular complexity index is 1110. The molecule has 7 heteroatoms. The van der Waals surface area contributed by atoms with Gasteiger partial charge in [-0.2, -0.15) is 5.10 Å². The molecule has 1 aliphatic heterocycles. The van der Waals surface area contributed by atoms with Crippen molar-refractivity contribution in [3.8, 4) is 0 Å². The van der Waals surface area contributed by atoms with Crippen LogP contribution in [0.1, 0.15) is 41.1 Å². The fourth-order valence-electron chi connectivity index (χ4n) is 4.67. The Morgan fingerprint density at radius 1 is 1.13 bits per heavy atom. The van der Waals surface area contributed by atoms with E-state index in [-0.39, 0.29) is 35.7 Å². The van der Waals surface area contributed by atoms with Gasteiger partial charge in [0.25, 0.3) is 0 Å². The number of nitrogens with one attached hydrogen (secondary N) is 1. The molecule has 1 aromatic heterocycles. The number of hydrogen-bond donors (Lipinski definition) is 2. The number of nitrogens with zero attached hydrogens (tertiary/aromatic N) is 3. The molecule has 6 nitrogen and oxygen atoms in total. The highest BCUT2D eigenvalue weighted by molar-refractivity contribution is 5.99. The molecule has 3 aromatic rings. The molecule has 1 aliphatic carbocycles. The molecule has 2 heterocycles. The van der Waals surface area contributed by atoms with E-state index in [2.05, 4.69) is 21.5 Å². The Morgan fingerprint density at radius 2 is 1.93 bits per heavy atom. The number of ketones is 1. The molecule has 0 radical (unpaired) electrons. The topological polar surface area (TPSA) is 80.0 Å². The number of Topliss-reactive ketones (excluding diaryl/α,β-unsaturated/α-hetero) is 1. The van der Waals surface area contributed by atoms with Gasteiger partial charge < -0.3 is 10.4 Å². The first-order valence-electron chi connectivity index (χ1n) is 10.0. The van der Waals surface area contributed by atoms with Crippen LogP contribution in [0.2, 0.25) is 0 Å². The Morgan fingerprint density at radius 3 is 2.70 bits per heavy atom. The molecule has 0 saturated carbocycles. The summed E-state index contributed by atoms with van der Waals surface area (Å²) >= 11 is 0. The van der Waals surface area contributed by atoms with Crippen molar-refractivity contribution in [3.05, 3.63) is 95.0 Å². The van der Waals surface area contributed by atoms with Crippen molar-refractivity contribution in [2.75, 3.05) is 6.54 Å². The van der Waals surface area contributed by atoms with Crippen LogP contribution in [0.15, 0.2) is 72.5 Å². The van der Waals surface area contributed by atoms with Gasteiger partial charge in [-0.15, -0.1) is 0 Å². The first-order chi connectivity index (χ1) is 14.6. The van der Waals surface area contributed by atoms with Gasteiger partial charge in [-0.05, 0) is 35.2 Å². The minimum atomic E-state index is -0.596. The monoisotopic (exact) mass is 404 g/mol. The third-order valence-electron chi connectivity index (χ3n) is 6.06. The summed E-state index contributed by atoms with van der Waals surface area (Å²) in [5.41, 5.74) is 3.33. The maximum Gasteiger partial charge on any atom is 0.164 e. The molecule has 0 saturated heterocycles. The summed E-state index contributed by atoms with van der Waals surface area (Å²) in [5, 5.41) is 19.0. The lowest BCUT2D eigenvalue weighted by Gasteiger charge is -2.36. The summed E-state index contributed by atoms with van der Waals surface area (Å²) in [6.45, 7) is 0.723. The van der Waals surface area contributed by atoms with Gasteiger partial charge in [0.15, 0.2) is 5.78 Å². The third kappa shape index (κ3) is 3.11. The average molecular weight is 404 g/mol. The molecule has 5 rings (SSSR count). The average Bonchev–Trinajstić information content (AvgIpc) is 3.28. The number of fused-ring (bicyclic) bond motifs is 1. The number of benzene rings is 2. The van der Waals surface area contributed by atoms with Crippen molar-refractivity contribution in [2.45, 2.75) is 30.8 Å². The molecule has 0 bridgehead atoms. The molecule has 0 fully saturated rings. The van der Waals surface area contributed by atoms with E-state index in [1.807, 2.05) is 18.2 Å². The summed E-state index contributed by atoms with van der Waals surface area (Å²) in [4.78, 5) is 17.3. The van der Waals surface area contributed by atoms with E-state index < -0.39 is 6.04 Å². The van der Waals surface area contributed by atoms with Crippen LogP contribution in [-0.4, -0.2) is 32.2 Å². The normalized spacial score (nSPS) is 24.0. The van der Waals surface area contributed by atoms with Crippen LogP contribution >= 0.6 is 0 Å². The van der Waals surface area contributed by atoms with Crippen LogP contribution < -0.4 is 5.32 Å². The van der Waals surface area contributed by atoms with Crippen molar-refractivity contribution >= 4 is 5.78 Å². The molecule has 2 aliphatic rings. The number of hydrogen-bond acceptors (Lipinski definition) is 5. The van der Waals surface area contributed by atoms with E-state index in [0.717, 1.165) is 24.1 Å². The van der Waals surface area contributed by atoms with Gasteiger partial charge >= 0.3 is 0 Å². The van der Waals surface area contributed by atoms with Gasteiger partial charge in [-0.3, -0.25) is 4.79 Å². The minimum Gasteiger partial charge on any atom is -0.510 e. The lowest BCUT2D eigenvalue weighted by atomic mass is 9.75. The zero-order valence-electron chi connectivity index (χ0n) is 16.2. The van der Waals surface area contributed by atoms with Crippen LogP contribution in [0, 0.1) is 5.82 Å². The second-order valence-corrected chi connectivity index (χ2v) is 7.74. The first-order valence-corrected chi connectivity index (χ1v) is 10.0. The van der Waals surface area contributed by atoms with Crippen LogP contribution in [0.25, 0.3) is 0 Å². The first kappa shape index (κ1) is 18.7. The van der Waals surface area contributed by atoms with Crippen molar-refractivity contribution in [1.82, 2.24) is 20.1 Å². The molecule has 152 valence electrons. The largest absolute Gasteiger partial charge is 0.510 e. The lowest BCUT2D eigenvalue weighted by Crippen LogP contribution is -2.38. The van der Waals surface area contributed by atoms with Gasteiger partial charge in [-0.25, -0.2) is 14.1 Å². The quantitative estimate of drug-likeness (QED) is 0.699. The number of rotatable bonds is 3. The Labute approximate surface area is 173 Å². The molecule has 2 N–H and O–H groups in total. The lowest BCUT2D eigenvalue weighted by molar-refractivity contribution is -0.117. The van der Waals surface area contributed by atoms with Gasteiger partial charge in [0.2, 0.25) is 0 Å². The number of aliphatic hydroxyl groups excluding tert-OH is 1. The third-order valence-corrected chi connectivity index (χ3v) is 6.06. The SMILES string of the molecule is O=C1C[C@@H](c2ccc(F)cc2)[C@H](n2cncn2)C(O)=C1[C@@H]1NCCc2ccccc21. The van der Waals surface area contributed by atoms with E-state index in [1.54, 1.807) is 16.8 Å². The van der Waals surface area contributed by atoms with Crippen molar-refractivity contribution in [3.63, 3.8) is 0 Å². The molecule has 0 amide bonds.